The molecule has 2 atom stereocenters. The van der Waals surface area contributed by atoms with Crippen LogP contribution in [-0.2, 0) is 4.74 Å². The van der Waals surface area contributed by atoms with Crippen LogP contribution in [-0.4, -0.2) is 24.2 Å². The van der Waals surface area contributed by atoms with Gasteiger partial charge in [0.05, 0.1) is 6.61 Å². The molecule has 0 aromatic carbocycles. The van der Waals surface area contributed by atoms with Crippen LogP contribution in [0.15, 0.2) is 0 Å². The van der Waals surface area contributed by atoms with Crippen molar-refractivity contribution in [2.24, 2.45) is 0 Å². The second-order valence-corrected chi connectivity index (χ2v) is 4.34. The van der Waals surface area contributed by atoms with Crippen LogP contribution in [0.5, 0.6) is 0 Å². The van der Waals surface area contributed by atoms with Gasteiger partial charge in [-0.05, 0) is 12.8 Å². The Labute approximate surface area is 61.2 Å². The van der Waals surface area contributed by atoms with Gasteiger partial charge in [0, 0.05) is 17.6 Å². The summed E-state index contributed by atoms with van der Waals surface area (Å²) in [7, 11) is 1.78. The third-order valence-electron chi connectivity index (χ3n) is 1.67. The van der Waals surface area contributed by atoms with Crippen LogP contribution in [0, 0.1) is 0 Å². The summed E-state index contributed by atoms with van der Waals surface area (Å²) in [5.41, 5.74) is 0. The lowest BCUT2D eigenvalue weighted by Gasteiger charge is -2.05. The Balaban J connectivity index is 2.14. The van der Waals surface area contributed by atoms with E-state index >= 15 is 0 Å². The van der Waals surface area contributed by atoms with E-state index in [1.165, 1.54) is 12.8 Å². The van der Waals surface area contributed by atoms with Crippen molar-refractivity contribution in [1.82, 2.24) is 0 Å². The van der Waals surface area contributed by atoms with Crippen molar-refractivity contribution in [2.75, 3.05) is 13.7 Å². The lowest BCUT2D eigenvalue weighted by atomic mass is 10.2. The van der Waals surface area contributed by atoms with Gasteiger partial charge in [-0.2, -0.15) is 11.8 Å². The van der Waals surface area contributed by atoms with Crippen molar-refractivity contribution in [3.05, 3.63) is 0 Å². The van der Waals surface area contributed by atoms with Gasteiger partial charge in [-0.25, -0.2) is 0 Å². The van der Waals surface area contributed by atoms with Crippen molar-refractivity contribution in [3.63, 3.8) is 0 Å². The minimum Gasteiger partial charge on any atom is -0.384 e. The average molecular weight is 146 g/mol. The van der Waals surface area contributed by atoms with Crippen molar-refractivity contribution in [1.29, 1.82) is 0 Å². The molecule has 1 nitrogen and oxygen atoms in total. The number of ether oxygens (including phenoxy) is 1. The SMILES string of the molecule is COCC1CCC(C)S1. The number of hydrogen-bond donors (Lipinski definition) is 0. The highest BCUT2D eigenvalue weighted by Gasteiger charge is 2.20. The van der Waals surface area contributed by atoms with Gasteiger partial charge < -0.3 is 4.74 Å². The van der Waals surface area contributed by atoms with E-state index < -0.39 is 0 Å². The first kappa shape index (κ1) is 7.42. The van der Waals surface area contributed by atoms with Gasteiger partial charge in [0.1, 0.15) is 0 Å². The Morgan fingerprint density at radius 3 is 2.78 bits per heavy atom. The Kier molecular flexibility index (Phi) is 2.86. The second-order valence-electron chi connectivity index (χ2n) is 2.60. The molecule has 0 aliphatic carbocycles. The fourth-order valence-electron chi connectivity index (χ4n) is 1.19. The van der Waals surface area contributed by atoms with Crippen LogP contribution >= 0.6 is 11.8 Å². The third kappa shape index (κ3) is 2.18. The summed E-state index contributed by atoms with van der Waals surface area (Å²) in [6.07, 6.45) is 2.72. The monoisotopic (exact) mass is 146 g/mol. The van der Waals surface area contributed by atoms with E-state index in [4.69, 9.17) is 4.74 Å². The molecule has 0 spiro atoms. The second kappa shape index (κ2) is 3.47. The number of thioether (sulfide) groups is 1. The molecule has 1 heterocycles. The lowest BCUT2D eigenvalue weighted by molar-refractivity contribution is 0.198. The van der Waals surface area contributed by atoms with E-state index in [2.05, 4.69) is 18.7 Å². The maximum absolute atomic E-state index is 5.05. The summed E-state index contributed by atoms with van der Waals surface area (Å²) in [5.74, 6) is 0. The van der Waals surface area contributed by atoms with Gasteiger partial charge in [-0.1, -0.05) is 6.92 Å². The molecule has 1 aliphatic heterocycles. The minimum absolute atomic E-state index is 0.782. The minimum atomic E-state index is 0.782. The average Bonchev–Trinajstić information content (AvgIpc) is 2.17. The van der Waals surface area contributed by atoms with E-state index in [0.717, 1.165) is 17.1 Å². The van der Waals surface area contributed by atoms with Gasteiger partial charge in [0.2, 0.25) is 0 Å². The fourth-order valence-corrected chi connectivity index (χ4v) is 2.61. The first-order chi connectivity index (χ1) is 4.33. The molecule has 0 amide bonds. The topological polar surface area (TPSA) is 9.23 Å². The first-order valence-corrected chi connectivity index (χ1v) is 4.41. The van der Waals surface area contributed by atoms with E-state index in [1.54, 1.807) is 7.11 Å². The molecular weight excluding hydrogens is 132 g/mol. The quantitative estimate of drug-likeness (QED) is 0.588. The van der Waals surface area contributed by atoms with Crippen LogP contribution in [0.1, 0.15) is 19.8 Å². The van der Waals surface area contributed by atoms with Crippen LogP contribution < -0.4 is 0 Å². The number of hydrogen-bond acceptors (Lipinski definition) is 2. The molecular formula is C7H14OS. The maximum atomic E-state index is 5.05. The van der Waals surface area contributed by atoms with E-state index in [-0.39, 0.29) is 0 Å². The summed E-state index contributed by atoms with van der Waals surface area (Å²) in [5, 5.41) is 1.65. The third-order valence-corrected chi connectivity index (χ3v) is 3.13. The Morgan fingerprint density at radius 1 is 1.56 bits per heavy atom. The molecule has 0 aromatic heterocycles. The van der Waals surface area contributed by atoms with Crippen LogP contribution in [0.4, 0.5) is 0 Å². The van der Waals surface area contributed by atoms with Crippen molar-refractivity contribution in [3.8, 4) is 0 Å². The number of rotatable bonds is 2. The highest BCUT2D eigenvalue weighted by atomic mass is 32.2. The van der Waals surface area contributed by atoms with Crippen LogP contribution in [0.25, 0.3) is 0 Å². The molecule has 1 rings (SSSR count). The van der Waals surface area contributed by atoms with E-state index in [0.29, 0.717) is 0 Å². The van der Waals surface area contributed by atoms with Crippen LogP contribution in [0.2, 0.25) is 0 Å². The Hall–Kier alpha value is 0.310. The summed E-state index contributed by atoms with van der Waals surface area (Å²) < 4.78 is 5.05. The van der Waals surface area contributed by atoms with Gasteiger partial charge in [-0.3, -0.25) is 0 Å². The molecule has 0 radical (unpaired) electrons. The Morgan fingerprint density at radius 2 is 2.33 bits per heavy atom. The predicted molar refractivity (Wildman–Crippen MR) is 42.0 cm³/mol. The van der Waals surface area contributed by atoms with Crippen molar-refractivity contribution < 1.29 is 4.74 Å². The molecule has 0 bridgehead atoms. The maximum Gasteiger partial charge on any atom is 0.0581 e. The summed E-state index contributed by atoms with van der Waals surface area (Å²) >= 11 is 2.07. The standard InChI is InChI=1S/C7H14OS/c1-6-3-4-7(9-6)5-8-2/h6-7H,3-5H2,1-2H3. The van der Waals surface area contributed by atoms with Gasteiger partial charge in [0.15, 0.2) is 0 Å². The summed E-state index contributed by atoms with van der Waals surface area (Å²) in [6.45, 7) is 3.23. The van der Waals surface area contributed by atoms with E-state index in [1.807, 2.05) is 0 Å². The summed E-state index contributed by atoms with van der Waals surface area (Å²) in [4.78, 5) is 0. The molecule has 1 saturated heterocycles. The smallest absolute Gasteiger partial charge is 0.0581 e. The fraction of sp³-hybridized carbons (Fsp3) is 1.00. The first-order valence-electron chi connectivity index (χ1n) is 3.47. The Bertz CT molecular complexity index is 83.0. The van der Waals surface area contributed by atoms with Gasteiger partial charge in [0.25, 0.3) is 0 Å². The molecule has 9 heavy (non-hydrogen) atoms. The largest absolute Gasteiger partial charge is 0.384 e. The predicted octanol–water partition coefficient (Wildman–Crippen LogP) is 1.92. The zero-order valence-corrected chi connectivity index (χ0v) is 6.91. The molecule has 2 unspecified atom stereocenters. The highest BCUT2D eigenvalue weighted by Crippen LogP contribution is 2.32. The molecule has 0 aromatic rings. The van der Waals surface area contributed by atoms with Gasteiger partial charge in [-0.15, -0.1) is 0 Å². The zero-order chi connectivity index (χ0) is 6.69. The van der Waals surface area contributed by atoms with Gasteiger partial charge >= 0.3 is 0 Å². The molecule has 0 N–H and O–H groups in total. The molecule has 1 aliphatic rings. The molecule has 54 valence electrons. The molecule has 2 heteroatoms. The number of methoxy groups -OCH3 is 1. The van der Waals surface area contributed by atoms with Crippen molar-refractivity contribution >= 4 is 11.8 Å². The van der Waals surface area contributed by atoms with Crippen LogP contribution in [0.3, 0.4) is 0 Å². The highest BCUT2D eigenvalue weighted by molar-refractivity contribution is 8.00. The normalized spacial score (nSPS) is 35.3. The lowest BCUT2D eigenvalue weighted by Crippen LogP contribution is -2.05. The molecule has 0 saturated carbocycles. The van der Waals surface area contributed by atoms with Crippen molar-refractivity contribution in [2.45, 2.75) is 30.3 Å². The summed E-state index contributed by atoms with van der Waals surface area (Å²) in [6, 6.07) is 0. The van der Waals surface area contributed by atoms with E-state index in [9.17, 15) is 0 Å². The zero-order valence-electron chi connectivity index (χ0n) is 6.09. The molecule has 1 fully saturated rings.